The number of H-pyrrole nitrogens is 1. The van der Waals surface area contributed by atoms with E-state index in [-0.39, 0.29) is 0 Å². The minimum Gasteiger partial charge on any atom is -0.355 e. The van der Waals surface area contributed by atoms with Gasteiger partial charge in [0.25, 0.3) is 0 Å². The summed E-state index contributed by atoms with van der Waals surface area (Å²) >= 11 is 0. The number of aromatic amines is 1. The van der Waals surface area contributed by atoms with Crippen LogP contribution in [0, 0.1) is 19.3 Å². The van der Waals surface area contributed by atoms with Crippen molar-refractivity contribution in [2.75, 3.05) is 18.0 Å². The Kier molecular flexibility index (Phi) is 3.92. The van der Waals surface area contributed by atoms with Crippen molar-refractivity contribution in [2.24, 2.45) is 5.41 Å². The molecule has 2 aromatic heterocycles. The molecule has 3 heterocycles. The highest BCUT2D eigenvalue weighted by Gasteiger charge is 2.37. The van der Waals surface area contributed by atoms with Gasteiger partial charge in [0.1, 0.15) is 11.3 Å². The molecule has 27 heavy (non-hydrogen) atoms. The van der Waals surface area contributed by atoms with E-state index in [0.29, 0.717) is 11.1 Å². The van der Waals surface area contributed by atoms with Gasteiger partial charge in [0.2, 0.25) is 5.65 Å². The lowest BCUT2D eigenvalue weighted by molar-refractivity contribution is 0.226. The number of rotatable bonds is 2. The summed E-state index contributed by atoms with van der Waals surface area (Å²) in [6.07, 6.45) is 10.2. The van der Waals surface area contributed by atoms with Crippen molar-refractivity contribution < 1.29 is 0 Å². The quantitative estimate of drug-likeness (QED) is 0.712. The molecule has 1 aliphatic carbocycles. The number of fused-ring (bicyclic) bond motifs is 1. The Morgan fingerprint density at radius 2 is 1.78 bits per heavy atom. The van der Waals surface area contributed by atoms with Crippen LogP contribution in [0.15, 0.2) is 24.4 Å². The zero-order valence-electron chi connectivity index (χ0n) is 16.3. The monoisotopic (exact) mass is 361 g/mol. The van der Waals surface area contributed by atoms with Crippen molar-refractivity contribution in [2.45, 2.75) is 52.4 Å². The molecule has 140 valence electrons. The molecule has 2 fully saturated rings. The van der Waals surface area contributed by atoms with Crippen molar-refractivity contribution in [1.29, 1.82) is 0 Å². The van der Waals surface area contributed by atoms with E-state index in [2.05, 4.69) is 47.1 Å². The summed E-state index contributed by atoms with van der Waals surface area (Å²) in [7, 11) is 0. The first-order chi connectivity index (χ1) is 13.1. The first-order valence-electron chi connectivity index (χ1n) is 10.2. The van der Waals surface area contributed by atoms with E-state index < -0.39 is 0 Å². The number of piperidine rings is 1. The van der Waals surface area contributed by atoms with E-state index in [4.69, 9.17) is 9.97 Å². The van der Waals surface area contributed by atoms with Crippen LogP contribution in [0.4, 0.5) is 5.82 Å². The summed E-state index contributed by atoms with van der Waals surface area (Å²) in [5.74, 6) is 0.966. The van der Waals surface area contributed by atoms with Crippen LogP contribution in [0.3, 0.4) is 0 Å². The van der Waals surface area contributed by atoms with Crippen LogP contribution in [0.5, 0.6) is 0 Å². The fourth-order valence-corrected chi connectivity index (χ4v) is 4.87. The summed E-state index contributed by atoms with van der Waals surface area (Å²) < 4.78 is 0. The van der Waals surface area contributed by atoms with Gasteiger partial charge < -0.3 is 4.90 Å². The fraction of sp³-hybridized carbons (Fsp3) is 0.500. The Morgan fingerprint density at radius 3 is 2.52 bits per heavy atom. The molecule has 0 atom stereocenters. The second kappa shape index (κ2) is 6.32. The molecule has 3 aromatic rings. The number of nitrogens with one attached hydrogen (secondary N) is 1. The van der Waals surface area contributed by atoms with E-state index in [0.717, 1.165) is 35.7 Å². The average Bonchev–Trinajstić information content (AvgIpc) is 3.31. The molecule has 0 radical (unpaired) electrons. The molecular weight excluding hydrogens is 334 g/mol. The average molecular weight is 361 g/mol. The van der Waals surface area contributed by atoms with Gasteiger partial charge in [-0.15, -0.1) is 0 Å². The fourth-order valence-electron chi connectivity index (χ4n) is 4.87. The van der Waals surface area contributed by atoms with E-state index in [1.165, 1.54) is 49.7 Å². The number of aryl methyl sites for hydroxylation is 2. The van der Waals surface area contributed by atoms with Gasteiger partial charge in [-0.05, 0) is 62.1 Å². The molecule has 1 saturated heterocycles. The first kappa shape index (κ1) is 16.7. The van der Waals surface area contributed by atoms with E-state index in [1.54, 1.807) is 0 Å². The Balaban J connectivity index is 1.41. The third kappa shape index (κ3) is 2.89. The Labute approximate surface area is 160 Å². The van der Waals surface area contributed by atoms with Crippen molar-refractivity contribution in [3.8, 4) is 11.3 Å². The smallest absolute Gasteiger partial charge is 0.202 e. The zero-order valence-corrected chi connectivity index (χ0v) is 16.3. The summed E-state index contributed by atoms with van der Waals surface area (Å²) in [5, 5.41) is 7.60. The number of benzene rings is 1. The molecule has 5 heteroatoms. The topological polar surface area (TPSA) is 57.7 Å². The van der Waals surface area contributed by atoms with Gasteiger partial charge in [-0.25, -0.2) is 9.97 Å². The molecule has 1 saturated carbocycles. The summed E-state index contributed by atoms with van der Waals surface area (Å²) in [4.78, 5) is 11.9. The van der Waals surface area contributed by atoms with Gasteiger partial charge in [-0.1, -0.05) is 25.0 Å². The van der Waals surface area contributed by atoms with Crippen LogP contribution in [0.25, 0.3) is 22.4 Å². The predicted octanol–water partition coefficient (Wildman–Crippen LogP) is 4.80. The molecule has 0 amide bonds. The van der Waals surface area contributed by atoms with Gasteiger partial charge in [0.05, 0.1) is 11.9 Å². The maximum Gasteiger partial charge on any atom is 0.202 e. The highest BCUT2D eigenvalue weighted by molar-refractivity contribution is 5.88. The molecule has 1 N–H and O–H groups in total. The number of aromatic nitrogens is 4. The van der Waals surface area contributed by atoms with Crippen LogP contribution in [0.1, 0.15) is 49.7 Å². The number of anilines is 1. The highest BCUT2D eigenvalue weighted by Crippen LogP contribution is 2.46. The van der Waals surface area contributed by atoms with Crippen molar-refractivity contribution >= 4 is 17.0 Å². The lowest BCUT2D eigenvalue weighted by atomic mass is 9.77. The van der Waals surface area contributed by atoms with Gasteiger partial charge in [0, 0.05) is 18.7 Å². The summed E-state index contributed by atoms with van der Waals surface area (Å²) in [6.45, 7) is 6.45. The molecule has 1 aromatic carbocycles. The van der Waals surface area contributed by atoms with Crippen molar-refractivity contribution in [3.05, 3.63) is 35.5 Å². The third-order valence-electron chi connectivity index (χ3n) is 6.86. The summed E-state index contributed by atoms with van der Waals surface area (Å²) in [5.41, 5.74) is 6.82. The molecule has 1 spiro atoms. The van der Waals surface area contributed by atoms with Gasteiger partial charge in [-0.3, -0.25) is 5.10 Å². The Bertz CT molecular complexity index is 974. The van der Waals surface area contributed by atoms with Crippen LogP contribution >= 0.6 is 0 Å². The lowest BCUT2D eigenvalue weighted by Gasteiger charge is -2.39. The zero-order chi connectivity index (χ0) is 18.4. The minimum atomic E-state index is 0.622. The van der Waals surface area contributed by atoms with Crippen LogP contribution in [-0.4, -0.2) is 33.3 Å². The van der Waals surface area contributed by atoms with Crippen LogP contribution in [0.2, 0.25) is 0 Å². The van der Waals surface area contributed by atoms with E-state index in [1.807, 2.05) is 6.20 Å². The molecule has 5 rings (SSSR count). The third-order valence-corrected chi connectivity index (χ3v) is 6.86. The maximum atomic E-state index is 4.82. The molecule has 1 aliphatic heterocycles. The molecule has 0 bridgehead atoms. The number of hydrogen-bond donors (Lipinski definition) is 1. The minimum absolute atomic E-state index is 0.622. The molecule has 2 aliphatic rings. The van der Waals surface area contributed by atoms with Crippen molar-refractivity contribution in [1.82, 2.24) is 20.2 Å². The second-order valence-electron chi connectivity index (χ2n) is 8.49. The van der Waals surface area contributed by atoms with E-state index >= 15 is 0 Å². The van der Waals surface area contributed by atoms with Gasteiger partial charge >= 0.3 is 0 Å². The molecule has 5 nitrogen and oxygen atoms in total. The SMILES string of the molecule is Cc1ccc(-c2[nH]nc3nc(N4CCC5(CCCC5)CC4)cnc23)cc1C. The number of nitrogens with zero attached hydrogens (tertiary/aromatic N) is 4. The van der Waals surface area contributed by atoms with Crippen molar-refractivity contribution in [3.63, 3.8) is 0 Å². The second-order valence-corrected chi connectivity index (χ2v) is 8.49. The normalized spacial score (nSPS) is 19.3. The maximum absolute atomic E-state index is 4.82. The highest BCUT2D eigenvalue weighted by atomic mass is 15.2. The largest absolute Gasteiger partial charge is 0.355 e. The predicted molar refractivity (Wildman–Crippen MR) is 109 cm³/mol. The van der Waals surface area contributed by atoms with E-state index in [9.17, 15) is 0 Å². The Hall–Kier alpha value is -2.43. The van der Waals surface area contributed by atoms with Gasteiger partial charge in [0.15, 0.2) is 0 Å². The standard InChI is InChI=1S/C22H27N5/c1-15-5-6-17(13-16(15)2)19-20-21(26-25-19)24-18(14-23-20)27-11-9-22(10-12-27)7-3-4-8-22/h5-6,13-14H,3-4,7-12H2,1-2H3,(H,24,25,26). The Morgan fingerprint density at radius 1 is 1.00 bits per heavy atom. The summed E-state index contributed by atoms with van der Waals surface area (Å²) in [6, 6.07) is 6.45. The number of hydrogen-bond acceptors (Lipinski definition) is 4. The van der Waals surface area contributed by atoms with Crippen LogP contribution in [-0.2, 0) is 0 Å². The van der Waals surface area contributed by atoms with Crippen LogP contribution < -0.4 is 4.90 Å². The first-order valence-corrected chi connectivity index (χ1v) is 10.2. The molecular formula is C22H27N5. The lowest BCUT2D eigenvalue weighted by Crippen LogP contribution is -2.39. The molecule has 0 unspecified atom stereocenters. The van der Waals surface area contributed by atoms with Gasteiger partial charge in [-0.2, -0.15) is 5.10 Å².